The molecule has 0 unspecified atom stereocenters. The number of carbonyl (C=O) groups excluding carboxylic acids is 1. The molecule has 1 saturated heterocycles. The van der Waals surface area contributed by atoms with E-state index >= 15 is 0 Å². The van der Waals surface area contributed by atoms with Crippen molar-refractivity contribution in [3.05, 3.63) is 63.7 Å². The summed E-state index contributed by atoms with van der Waals surface area (Å²) in [6.45, 7) is 1.80. The van der Waals surface area contributed by atoms with Crippen molar-refractivity contribution in [3.8, 4) is 16.3 Å². The van der Waals surface area contributed by atoms with Gasteiger partial charge in [-0.3, -0.25) is 19.8 Å². The Hall–Kier alpha value is -3.37. The topological polar surface area (TPSA) is 110 Å². The summed E-state index contributed by atoms with van der Waals surface area (Å²) in [4.78, 5) is 24.9. The standard InChI is InChI=1S/C22H23N5O4S/c1-31-19-8-3-2-7-18(19)22-25-24-21(32-22)15-9-11-26(12-10-15)14-20(28)23-16-5-4-6-17(13-16)27(29)30/h2-8,13,15H,9-12,14H2,1H3,(H,23,28). The van der Waals surface area contributed by atoms with Crippen LogP contribution >= 0.6 is 11.3 Å². The Morgan fingerprint density at radius 1 is 1.22 bits per heavy atom. The minimum atomic E-state index is -0.479. The number of hydrogen-bond acceptors (Lipinski definition) is 8. The van der Waals surface area contributed by atoms with Crippen molar-refractivity contribution in [2.24, 2.45) is 0 Å². The maximum atomic E-state index is 12.4. The predicted octanol–water partition coefficient (Wildman–Crippen LogP) is 3.94. The van der Waals surface area contributed by atoms with Gasteiger partial charge in [0.1, 0.15) is 10.8 Å². The first-order valence-electron chi connectivity index (χ1n) is 10.3. The number of benzene rings is 2. The number of aromatic nitrogens is 2. The summed E-state index contributed by atoms with van der Waals surface area (Å²) in [6.07, 6.45) is 1.79. The quantitative estimate of drug-likeness (QED) is 0.426. The van der Waals surface area contributed by atoms with Crippen LogP contribution in [0.15, 0.2) is 48.5 Å². The zero-order valence-electron chi connectivity index (χ0n) is 17.6. The van der Waals surface area contributed by atoms with Gasteiger partial charge in [0.05, 0.1) is 24.1 Å². The van der Waals surface area contributed by atoms with Gasteiger partial charge in [-0.25, -0.2) is 0 Å². The molecule has 4 rings (SSSR count). The van der Waals surface area contributed by atoms with E-state index in [1.54, 1.807) is 30.6 Å². The van der Waals surface area contributed by atoms with E-state index in [-0.39, 0.29) is 18.1 Å². The van der Waals surface area contributed by atoms with Crippen LogP contribution in [0.4, 0.5) is 11.4 Å². The fraction of sp³-hybridized carbons (Fsp3) is 0.318. The number of nitrogens with one attached hydrogen (secondary N) is 1. The van der Waals surface area contributed by atoms with Crippen molar-refractivity contribution in [1.82, 2.24) is 15.1 Å². The molecule has 0 aliphatic carbocycles. The number of hydrogen-bond donors (Lipinski definition) is 1. The number of amides is 1. The molecule has 1 amide bonds. The molecule has 1 aromatic heterocycles. The van der Waals surface area contributed by atoms with Crippen LogP contribution in [0.3, 0.4) is 0 Å². The fourth-order valence-electron chi connectivity index (χ4n) is 3.77. The van der Waals surface area contributed by atoms with Crippen molar-refractivity contribution >= 4 is 28.6 Å². The molecule has 0 spiro atoms. The lowest BCUT2D eigenvalue weighted by Crippen LogP contribution is -2.38. The second-order valence-corrected chi connectivity index (χ2v) is 8.56. The number of non-ortho nitro benzene ring substituents is 1. The van der Waals surface area contributed by atoms with Crippen molar-refractivity contribution < 1.29 is 14.5 Å². The van der Waals surface area contributed by atoms with Crippen LogP contribution in [-0.2, 0) is 4.79 Å². The predicted molar refractivity (Wildman–Crippen MR) is 122 cm³/mol. The van der Waals surface area contributed by atoms with E-state index in [1.165, 1.54) is 12.1 Å². The normalized spacial score (nSPS) is 14.8. The summed E-state index contributed by atoms with van der Waals surface area (Å²) in [5.41, 5.74) is 1.32. The van der Waals surface area contributed by atoms with E-state index in [2.05, 4.69) is 20.4 Å². The van der Waals surface area contributed by atoms with Crippen LogP contribution in [0.2, 0.25) is 0 Å². The Kier molecular flexibility index (Phi) is 6.72. The minimum Gasteiger partial charge on any atom is -0.496 e. The van der Waals surface area contributed by atoms with Crippen molar-refractivity contribution in [2.75, 3.05) is 32.1 Å². The highest BCUT2D eigenvalue weighted by Gasteiger charge is 2.25. The Balaban J connectivity index is 1.31. The van der Waals surface area contributed by atoms with Crippen LogP contribution in [0.25, 0.3) is 10.6 Å². The van der Waals surface area contributed by atoms with Gasteiger partial charge in [0, 0.05) is 23.7 Å². The van der Waals surface area contributed by atoms with E-state index in [9.17, 15) is 14.9 Å². The number of likely N-dealkylation sites (tertiary alicyclic amines) is 1. The average Bonchev–Trinajstić information content (AvgIpc) is 3.29. The summed E-state index contributed by atoms with van der Waals surface area (Å²) in [6, 6.07) is 13.7. The number of nitro groups is 1. The molecule has 166 valence electrons. The number of rotatable bonds is 7. The maximum absolute atomic E-state index is 12.4. The Morgan fingerprint density at radius 3 is 2.75 bits per heavy atom. The zero-order valence-corrected chi connectivity index (χ0v) is 18.4. The number of ether oxygens (including phenoxy) is 1. The summed E-state index contributed by atoms with van der Waals surface area (Å²) in [5, 5.41) is 24.3. The largest absolute Gasteiger partial charge is 0.496 e. The Bertz CT molecular complexity index is 1110. The summed E-state index contributed by atoms with van der Waals surface area (Å²) in [5.74, 6) is 0.908. The first kappa shape index (κ1) is 21.8. The highest BCUT2D eigenvalue weighted by Crippen LogP contribution is 2.36. The third-order valence-corrected chi connectivity index (χ3v) is 6.54. The monoisotopic (exact) mass is 453 g/mol. The first-order chi connectivity index (χ1) is 15.5. The van der Waals surface area contributed by atoms with Crippen LogP contribution in [0, 0.1) is 10.1 Å². The molecule has 1 aliphatic heterocycles. The van der Waals surface area contributed by atoms with E-state index in [1.807, 2.05) is 24.3 Å². The van der Waals surface area contributed by atoms with Crippen molar-refractivity contribution in [2.45, 2.75) is 18.8 Å². The van der Waals surface area contributed by atoms with Crippen LogP contribution < -0.4 is 10.1 Å². The van der Waals surface area contributed by atoms with Gasteiger partial charge >= 0.3 is 0 Å². The fourth-order valence-corrected chi connectivity index (χ4v) is 4.81. The minimum absolute atomic E-state index is 0.0480. The molecule has 2 heterocycles. The van der Waals surface area contributed by atoms with Crippen LogP contribution in [-0.4, -0.2) is 52.7 Å². The van der Waals surface area contributed by atoms with Gasteiger partial charge < -0.3 is 10.1 Å². The lowest BCUT2D eigenvalue weighted by Gasteiger charge is -2.30. The lowest BCUT2D eigenvalue weighted by atomic mass is 9.98. The molecule has 0 saturated carbocycles. The van der Waals surface area contributed by atoms with E-state index < -0.39 is 4.92 Å². The van der Waals surface area contributed by atoms with Gasteiger partial charge in [0.15, 0.2) is 5.01 Å². The second-order valence-electron chi connectivity index (χ2n) is 7.55. The molecular formula is C22H23N5O4S. The molecule has 0 bridgehead atoms. The third-order valence-electron chi connectivity index (χ3n) is 5.42. The number of methoxy groups -OCH3 is 1. The zero-order chi connectivity index (χ0) is 22.5. The smallest absolute Gasteiger partial charge is 0.271 e. The van der Waals surface area contributed by atoms with Crippen LogP contribution in [0.5, 0.6) is 5.75 Å². The highest BCUT2D eigenvalue weighted by atomic mass is 32.1. The molecule has 1 fully saturated rings. The van der Waals surface area contributed by atoms with E-state index in [0.29, 0.717) is 11.6 Å². The number of carbonyl (C=O) groups is 1. The number of nitrogens with zero attached hydrogens (tertiary/aromatic N) is 4. The van der Waals surface area contributed by atoms with E-state index in [4.69, 9.17) is 4.74 Å². The van der Waals surface area contributed by atoms with E-state index in [0.717, 1.165) is 47.3 Å². The number of piperidine rings is 1. The molecule has 32 heavy (non-hydrogen) atoms. The summed E-state index contributed by atoms with van der Waals surface area (Å²) < 4.78 is 5.43. The average molecular weight is 454 g/mol. The number of anilines is 1. The molecule has 9 nitrogen and oxygen atoms in total. The maximum Gasteiger partial charge on any atom is 0.271 e. The molecule has 1 aliphatic rings. The molecular weight excluding hydrogens is 430 g/mol. The number of nitro benzene ring substituents is 1. The molecule has 0 atom stereocenters. The summed E-state index contributed by atoms with van der Waals surface area (Å²) >= 11 is 1.59. The van der Waals surface area contributed by atoms with Crippen molar-refractivity contribution in [1.29, 1.82) is 0 Å². The van der Waals surface area contributed by atoms with Gasteiger partial charge in [-0.05, 0) is 44.1 Å². The van der Waals surface area contributed by atoms with Gasteiger partial charge in [-0.15, -0.1) is 10.2 Å². The van der Waals surface area contributed by atoms with Crippen molar-refractivity contribution in [3.63, 3.8) is 0 Å². The summed E-state index contributed by atoms with van der Waals surface area (Å²) in [7, 11) is 1.64. The van der Waals surface area contributed by atoms with Gasteiger partial charge in [-0.2, -0.15) is 0 Å². The van der Waals surface area contributed by atoms with Crippen LogP contribution in [0.1, 0.15) is 23.8 Å². The first-order valence-corrected chi connectivity index (χ1v) is 11.1. The van der Waals surface area contributed by atoms with Gasteiger partial charge in [-0.1, -0.05) is 29.5 Å². The molecule has 3 aromatic rings. The molecule has 2 aromatic carbocycles. The second kappa shape index (κ2) is 9.84. The molecule has 1 N–H and O–H groups in total. The highest BCUT2D eigenvalue weighted by molar-refractivity contribution is 7.14. The molecule has 10 heteroatoms. The molecule has 0 radical (unpaired) electrons. The Labute approximate surface area is 189 Å². The number of para-hydroxylation sites is 1. The van der Waals surface area contributed by atoms with Gasteiger partial charge in [0.2, 0.25) is 5.91 Å². The SMILES string of the molecule is COc1ccccc1-c1nnc(C2CCN(CC(=O)Nc3cccc([N+](=O)[O-])c3)CC2)s1. The third kappa shape index (κ3) is 5.09. The lowest BCUT2D eigenvalue weighted by molar-refractivity contribution is -0.384. The Morgan fingerprint density at radius 2 is 2.00 bits per heavy atom. The van der Waals surface area contributed by atoms with Gasteiger partial charge in [0.25, 0.3) is 5.69 Å².